The molecular formula is C23H24N2O. The monoisotopic (exact) mass is 344 g/mol. The van der Waals surface area contributed by atoms with Crippen molar-refractivity contribution in [1.29, 1.82) is 0 Å². The molecule has 4 rings (SSSR count). The zero-order chi connectivity index (χ0) is 17.9. The highest BCUT2D eigenvalue weighted by molar-refractivity contribution is 5.93. The van der Waals surface area contributed by atoms with Gasteiger partial charge in [0, 0.05) is 49.2 Å². The fourth-order valence-electron chi connectivity index (χ4n) is 3.79. The molecule has 132 valence electrons. The zero-order valence-electron chi connectivity index (χ0n) is 15.2. The van der Waals surface area contributed by atoms with Gasteiger partial charge in [-0.15, -0.1) is 0 Å². The summed E-state index contributed by atoms with van der Waals surface area (Å²) >= 11 is 0. The second-order valence-electron chi connectivity index (χ2n) is 6.98. The summed E-state index contributed by atoms with van der Waals surface area (Å²) in [4.78, 5) is 14.5. The number of hydrogen-bond donors (Lipinski definition) is 0. The average molecular weight is 344 g/mol. The van der Waals surface area contributed by atoms with Gasteiger partial charge in [-0.2, -0.15) is 0 Å². The molecule has 3 heteroatoms. The number of benzene rings is 2. The number of fused-ring (bicyclic) bond motifs is 1. The van der Waals surface area contributed by atoms with Gasteiger partial charge in [-0.1, -0.05) is 54.6 Å². The number of hydrogen-bond acceptors (Lipinski definition) is 1. The predicted molar refractivity (Wildman–Crippen MR) is 107 cm³/mol. The summed E-state index contributed by atoms with van der Waals surface area (Å²) in [7, 11) is 2.09. The van der Waals surface area contributed by atoms with E-state index in [0.29, 0.717) is 13.0 Å². The van der Waals surface area contributed by atoms with Crippen LogP contribution >= 0.6 is 0 Å². The van der Waals surface area contributed by atoms with Gasteiger partial charge in [-0.25, -0.2) is 0 Å². The lowest BCUT2D eigenvalue weighted by atomic mass is 9.98. The molecule has 1 aliphatic heterocycles. The van der Waals surface area contributed by atoms with Gasteiger partial charge < -0.3 is 9.47 Å². The van der Waals surface area contributed by atoms with Gasteiger partial charge in [0.15, 0.2) is 0 Å². The van der Waals surface area contributed by atoms with E-state index < -0.39 is 0 Å². The maximum absolute atomic E-state index is 12.5. The molecule has 1 aromatic heterocycles. The first-order chi connectivity index (χ1) is 12.7. The maximum Gasteiger partial charge on any atom is 0.223 e. The van der Waals surface area contributed by atoms with Crippen molar-refractivity contribution in [1.82, 2.24) is 9.47 Å². The average Bonchev–Trinajstić information content (AvgIpc) is 3.04. The largest absolute Gasteiger partial charge is 0.350 e. The maximum atomic E-state index is 12.5. The van der Waals surface area contributed by atoms with Crippen molar-refractivity contribution >= 4 is 22.4 Å². The standard InChI is InChI=1S/C23H24N2O/c1-24-17-21(20-9-5-6-10-22(20)24)19-13-15-25(16-14-19)23(26)12-11-18-7-3-2-4-8-18/h2-10,13,17H,11-12,14-16H2,1H3. The minimum atomic E-state index is 0.252. The number of aryl methyl sites for hydroxylation is 2. The molecule has 3 nitrogen and oxygen atoms in total. The Hall–Kier alpha value is -2.81. The van der Waals surface area contributed by atoms with E-state index in [0.717, 1.165) is 19.4 Å². The molecule has 0 aliphatic carbocycles. The summed E-state index contributed by atoms with van der Waals surface area (Å²) in [6, 6.07) is 18.7. The lowest BCUT2D eigenvalue weighted by molar-refractivity contribution is -0.130. The summed E-state index contributed by atoms with van der Waals surface area (Å²) in [6.07, 6.45) is 6.76. The molecule has 3 aromatic rings. The van der Waals surface area contributed by atoms with Crippen LogP contribution in [0.15, 0.2) is 66.9 Å². The van der Waals surface area contributed by atoms with Crippen molar-refractivity contribution in [3.05, 3.63) is 78.0 Å². The highest BCUT2D eigenvalue weighted by Gasteiger charge is 2.19. The molecular weight excluding hydrogens is 320 g/mol. The van der Waals surface area contributed by atoms with Gasteiger partial charge in [0.2, 0.25) is 5.91 Å². The van der Waals surface area contributed by atoms with E-state index in [2.05, 4.69) is 60.3 Å². The molecule has 2 heterocycles. The number of carbonyl (C=O) groups excluding carboxylic acids is 1. The van der Waals surface area contributed by atoms with Crippen molar-refractivity contribution in [3.63, 3.8) is 0 Å². The van der Waals surface area contributed by atoms with Crippen LogP contribution in [-0.2, 0) is 18.3 Å². The van der Waals surface area contributed by atoms with Crippen molar-refractivity contribution in [2.24, 2.45) is 7.05 Å². The SMILES string of the molecule is Cn1cc(C2=CCN(C(=O)CCc3ccccc3)CC2)c2ccccc21. The minimum Gasteiger partial charge on any atom is -0.350 e. The van der Waals surface area contributed by atoms with Gasteiger partial charge >= 0.3 is 0 Å². The van der Waals surface area contributed by atoms with Crippen LogP contribution in [0.5, 0.6) is 0 Å². The summed E-state index contributed by atoms with van der Waals surface area (Å²) in [5.74, 6) is 0.252. The van der Waals surface area contributed by atoms with Gasteiger partial charge in [0.25, 0.3) is 0 Å². The summed E-state index contributed by atoms with van der Waals surface area (Å²) in [6.45, 7) is 1.52. The summed E-state index contributed by atoms with van der Waals surface area (Å²) < 4.78 is 2.18. The second-order valence-corrected chi connectivity index (χ2v) is 6.98. The van der Waals surface area contributed by atoms with E-state index in [9.17, 15) is 4.79 Å². The zero-order valence-corrected chi connectivity index (χ0v) is 15.2. The van der Waals surface area contributed by atoms with Gasteiger partial charge in [0.1, 0.15) is 0 Å². The molecule has 0 unspecified atom stereocenters. The first-order valence-corrected chi connectivity index (χ1v) is 9.27. The van der Waals surface area contributed by atoms with Gasteiger partial charge in [0.05, 0.1) is 0 Å². The summed E-state index contributed by atoms with van der Waals surface area (Å²) in [5, 5.41) is 1.30. The Labute approximate surface area is 154 Å². The normalized spacial score (nSPS) is 14.5. The molecule has 2 aromatic carbocycles. The molecule has 0 fully saturated rings. The molecule has 26 heavy (non-hydrogen) atoms. The van der Waals surface area contributed by atoms with Crippen molar-refractivity contribution in [2.45, 2.75) is 19.3 Å². The topological polar surface area (TPSA) is 25.2 Å². The molecule has 1 aliphatic rings. The minimum absolute atomic E-state index is 0.252. The van der Waals surface area contributed by atoms with Crippen LogP contribution in [0.1, 0.15) is 24.0 Å². The molecule has 1 amide bonds. The van der Waals surface area contributed by atoms with E-state index >= 15 is 0 Å². The second kappa shape index (κ2) is 7.20. The van der Waals surface area contributed by atoms with Crippen molar-refractivity contribution in [3.8, 4) is 0 Å². The number of rotatable bonds is 4. The number of para-hydroxylation sites is 1. The molecule has 0 radical (unpaired) electrons. The molecule has 0 N–H and O–H groups in total. The van der Waals surface area contributed by atoms with E-state index in [1.165, 1.54) is 27.6 Å². The number of aromatic nitrogens is 1. The molecule has 0 bridgehead atoms. The van der Waals surface area contributed by atoms with E-state index in [1.54, 1.807) is 0 Å². The first kappa shape index (κ1) is 16.6. The molecule has 0 atom stereocenters. The van der Waals surface area contributed by atoms with E-state index in [4.69, 9.17) is 0 Å². The molecule has 0 spiro atoms. The van der Waals surface area contributed by atoms with Crippen LogP contribution in [0.3, 0.4) is 0 Å². The molecule has 0 saturated carbocycles. The number of amides is 1. The fourth-order valence-corrected chi connectivity index (χ4v) is 3.79. The van der Waals surface area contributed by atoms with Crippen LogP contribution < -0.4 is 0 Å². The van der Waals surface area contributed by atoms with Crippen molar-refractivity contribution in [2.75, 3.05) is 13.1 Å². The molecule has 0 saturated heterocycles. The lowest BCUT2D eigenvalue weighted by Gasteiger charge is -2.26. The van der Waals surface area contributed by atoms with Crippen LogP contribution in [0.25, 0.3) is 16.5 Å². The smallest absolute Gasteiger partial charge is 0.223 e. The Morgan fingerprint density at radius 3 is 2.58 bits per heavy atom. The third-order valence-electron chi connectivity index (χ3n) is 5.28. The number of nitrogens with zero attached hydrogens (tertiary/aromatic N) is 2. The van der Waals surface area contributed by atoms with E-state index in [-0.39, 0.29) is 5.91 Å². The highest BCUT2D eigenvalue weighted by Crippen LogP contribution is 2.30. The summed E-state index contributed by atoms with van der Waals surface area (Å²) in [5.41, 5.74) is 5.14. The predicted octanol–water partition coefficient (Wildman–Crippen LogP) is 4.43. The third-order valence-corrected chi connectivity index (χ3v) is 5.28. The van der Waals surface area contributed by atoms with Gasteiger partial charge in [-0.3, -0.25) is 4.79 Å². The Morgan fingerprint density at radius 2 is 1.81 bits per heavy atom. The first-order valence-electron chi connectivity index (χ1n) is 9.27. The Balaban J connectivity index is 1.43. The van der Waals surface area contributed by atoms with Crippen LogP contribution in [0.4, 0.5) is 0 Å². The van der Waals surface area contributed by atoms with E-state index in [1.807, 2.05) is 23.1 Å². The quantitative estimate of drug-likeness (QED) is 0.687. The van der Waals surface area contributed by atoms with Crippen LogP contribution in [0.2, 0.25) is 0 Å². The van der Waals surface area contributed by atoms with Crippen LogP contribution in [-0.4, -0.2) is 28.5 Å². The Morgan fingerprint density at radius 1 is 1.04 bits per heavy atom. The highest BCUT2D eigenvalue weighted by atomic mass is 16.2. The Bertz CT molecular complexity index is 953. The third kappa shape index (κ3) is 3.30. The lowest BCUT2D eigenvalue weighted by Crippen LogP contribution is -2.34. The van der Waals surface area contributed by atoms with Crippen molar-refractivity contribution < 1.29 is 4.79 Å². The van der Waals surface area contributed by atoms with Crippen LogP contribution in [0, 0.1) is 0 Å². The fraction of sp³-hybridized carbons (Fsp3) is 0.261. The Kier molecular flexibility index (Phi) is 4.61. The van der Waals surface area contributed by atoms with Gasteiger partial charge in [-0.05, 0) is 30.0 Å². The number of carbonyl (C=O) groups is 1.